The summed E-state index contributed by atoms with van der Waals surface area (Å²) >= 11 is 0. The predicted molar refractivity (Wildman–Crippen MR) is 208 cm³/mol. The standard InChI is InChI=1S/C41H69O9P/c1-3-5-7-9-11-12-13-14-15-16-17-18-22-27-31-35-41(44)50-39(37-49-51(45,46)47)36-48-40(43)34-30-26-23-19-21-25-29-33-38(42)32-28-24-20-10-8-6-4-2/h11-12,14-15,19-20,23-25,28-29,32,38-39,42H,3-10,13,16-18,21-22,26-27,30-31,33-37H2,1-2H3,(H2,45,46,47)/b12-11-,15-14-,23-19+,24-20-,29-25-,32-28-/t38-,39-/m1/s1. The molecule has 3 N–H and O–H groups in total. The molecule has 0 saturated carbocycles. The average Bonchev–Trinajstić information content (AvgIpc) is 3.09. The van der Waals surface area contributed by atoms with Gasteiger partial charge in [-0.25, -0.2) is 4.57 Å². The fourth-order valence-electron chi connectivity index (χ4n) is 4.83. The summed E-state index contributed by atoms with van der Waals surface area (Å²) < 4.78 is 26.2. The number of rotatable bonds is 34. The summed E-state index contributed by atoms with van der Waals surface area (Å²) in [6.45, 7) is 3.48. The van der Waals surface area contributed by atoms with E-state index in [0.717, 1.165) is 57.8 Å². The minimum atomic E-state index is -4.79. The Labute approximate surface area is 309 Å². The Kier molecular flexibility index (Phi) is 34.0. The Morgan fingerprint density at radius 1 is 0.608 bits per heavy atom. The van der Waals surface area contributed by atoms with Crippen LogP contribution in [-0.2, 0) is 28.2 Å². The van der Waals surface area contributed by atoms with E-state index in [1.54, 1.807) is 6.08 Å². The number of phosphoric acid groups is 1. The molecule has 0 amide bonds. The van der Waals surface area contributed by atoms with E-state index in [4.69, 9.17) is 19.3 Å². The summed E-state index contributed by atoms with van der Waals surface area (Å²) in [7, 11) is -4.79. The topological polar surface area (TPSA) is 140 Å². The van der Waals surface area contributed by atoms with Crippen molar-refractivity contribution in [3.8, 4) is 0 Å². The van der Waals surface area contributed by atoms with Crippen LogP contribution in [0.2, 0.25) is 0 Å². The first kappa shape index (κ1) is 48.5. The van der Waals surface area contributed by atoms with Gasteiger partial charge in [-0.1, -0.05) is 132 Å². The lowest BCUT2D eigenvalue weighted by atomic mass is 10.1. The molecule has 0 aromatic carbocycles. The minimum Gasteiger partial charge on any atom is -0.462 e. The summed E-state index contributed by atoms with van der Waals surface area (Å²) in [5.41, 5.74) is 0. The lowest BCUT2D eigenvalue weighted by Crippen LogP contribution is -2.29. The molecule has 0 aliphatic heterocycles. The Morgan fingerprint density at radius 3 is 1.76 bits per heavy atom. The Morgan fingerprint density at radius 2 is 1.14 bits per heavy atom. The van der Waals surface area contributed by atoms with E-state index in [1.807, 2.05) is 36.5 Å². The molecule has 2 atom stereocenters. The Hall–Kier alpha value is -2.55. The van der Waals surface area contributed by atoms with Crippen molar-refractivity contribution in [1.29, 1.82) is 0 Å². The van der Waals surface area contributed by atoms with Gasteiger partial charge in [0.1, 0.15) is 6.61 Å². The summed E-state index contributed by atoms with van der Waals surface area (Å²) in [5.74, 6) is -1.02. The van der Waals surface area contributed by atoms with Crippen molar-refractivity contribution >= 4 is 19.8 Å². The third kappa shape index (κ3) is 38.5. The number of carbonyl (C=O) groups is 2. The minimum absolute atomic E-state index is 0.151. The number of carbonyl (C=O) groups excluding carboxylic acids is 2. The first-order valence-corrected chi connectivity index (χ1v) is 20.9. The molecule has 51 heavy (non-hydrogen) atoms. The molecule has 0 rings (SSSR count). The van der Waals surface area contributed by atoms with E-state index in [9.17, 15) is 19.3 Å². The molecular formula is C41H69O9P. The Balaban J connectivity index is 4.16. The lowest BCUT2D eigenvalue weighted by molar-refractivity contribution is -0.161. The number of hydrogen-bond acceptors (Lipinski definition) is 7. The number of allylic oxidation sites excluding steroid dienone is 10. The summed E-state index contributed by atoms with van der Waals surface area (Å²) in [6.07, 6.45) is 42.2. The van der Waals surface area contributed by atoms with E-state index in [-0.39, 0.29) is 19.4 Å². The highest BCUT2D eigenvalue weighted by Crippen LogP contribution is 2.36. The Bertz CT molecular complexity index is 1070. The molecule has 0 aromatic rings. The molecule has 0 saturated heterocycles. The summed E-state index contributed by atoms with van der Waals surface area (Å²) in [5, 5.41) is 10.0. The molecule has 0 aromatic heterocycles. The zero-order valence-corrected chi connectivity index (χ0v) is 32.5. The van der Waals surface area contributed by atoms with E-state index in [1.165, 1.54) is 38.5 Å². The zero-order chi connectivity index (χ0) is 37.7. The second kappa shape index (κ2) is 35.8. The normalized spacial score (nSPS) is 13.9. The van der Waals surface area contributed by atoms with E-state index < -0.39 is 38.6 Å². The molecule has 292 valence electrons. The number of phosphoric ester groups is 1. The predicted octanol–water partition coefficient (Wildman–Crippen LogP) is 10.5. The van der Waals surface area contributed by atoms with Gasteiger partial charge in [0.05, 0.1) is 12.7 Å². The van der Waals surface area contributed by atoms with E-state index in [2.05, 4.69) is 48.8 Å². The van der Waals surface area contributed by atoms with Gasteiger partial charge in [0, 0.05) is 12.8 Å². The molecule has 0 unspecified atom stereocenters. The van der Waals surface area contributed by atoms with E-state index in [0.29, 0.717) is 25.7 Å². The maximum absolute atomic E-state index is 12.4. The molecule has 0 fully saturated rings. The SMILES string of the molecule is CCCCC/C=C\C=C/[C@@H](O)C/C=C\C/C=C/CCCC(=O)OC[C@H](COP(=O)(O)O)OC(=O)CCCCCCC/C=C\C/C=C\CCCCC. The number of aliphatic hydroxyl groups excluding tert-OH is 1. The van der Waals surface area contributed by atoms with Crippen molar-refractivity contribution in [2.45, 2.75) is 161 Å². The highest BCUT2D eigenvalue weighted by molar-refractivity contribution is 7.46. The zero-order valence-electron chi connectivity index (χ0n) is 31.6. The van der Waals surface area contributed by atoms with Gasteiger partial charge in [-0.2, -0.15) is 0 Å². The molecular weight excluding hydrogens is 667 g/mol. The van der Waals surface area contributed by atoms with Crippen LogP contribution >= 0.6 is 7.82 Å². The lowest BCUT2D eigenvalue weighted by Gasteiger charge is -2.18. The largest absolute Gasteiger partial charge is 0.469 e. The van der Waals surface area contributed by atoms with Crippen molar-refractivity contribution in [3.05, 3.63) is 72.9 Å². The smallest absolute Gasteiger partial charge is 0.462 e. The third-order valence-electron chi connectivity index (χ3n) is 7.78. The van der Waals surface area contributed by atoms with Crippen molar-refractivity contribution in [3.63, 3.8) is 0 Å². The molecule has 0 spiro atoms. The second-order valence-electron chi connectivity index (χ2n) is 12.7. The fraction of sp³-hybridized carbons (Fsp3) is 0.659. The molecule has 0 aliphatic rings. The van der Waals surface area contributed by atoms with Gasteiger partial charge in [-0.15, -0.1) is 0 Å². The first-order valence-electron chi connectivity index (χ1n) is 19.3. The van der Waals surface area contributed by atoms with Gasteiger partial charge in [0.15, 0.2) is 6.10 Å². The van der Waals surface area contributed by atoms with Crippen molar-refractivity contribution in [2.75, 3.05) is 13.2 Å². The van der Waals surface area contributed by atoms with Gasteiger partial charge >= 0.3 is 19.8 Å². The summed E-state index contributed by atoms with van der Waals surface area (Å²) in [6, 6.07) is 0. The molecule has 0 heterocycles. The van der Waals surface area contributed by atoms with Crippen LogP contribution in [-0.4, -0.2) is 52.3 Å². The monoisotopic (exact) mass is 736 g/mol. The number of ether oxygens (including phenoxy) is 2. The fourth-order valence-corrected chi connectivity index (χ4v) is 5.19. The second-order valence-corrected chi connectivity index (χ2v) is 14.0. The first-order chi connectivity index (χ1) is 24.7. The number of unbranched alkanes of at least 4 members (excludes halogenated alkanes) is 12. The van der Waals surface area contributed by atoms with Crippen LogP contribution in [0.1, 0.15) is 149 Å². The summed E-state index contributed by atoms with van der Waals surface area (Å²) in [4.78, 5) is 42.7. The van der Waals surface area contributed by atoms with Gasteiger partial charge in [-0.3, -0.25) is 14.1 Å². The molecule has 0 aliphatic carbocycles. The van der Waals surface area contributed by atoms with Crippen LogP contribution in [0.25, 0.3) is 0 Å². The molecule has 10 heteroatoms. The maximum Gasteiger partial charge on any atom is 0.469 e. The average molecular weight is 737 g/mol. The van der Waals surface area contributed by atoms with Crippen molar-refractivity contribution in [1.82, 2.24) is 0 Å². The van der Waals surface area contributed by atoms with Crippen LogP contribution in [0.3, 0.4) is 0 Å². The molecule has 0 bridgehead atoms. The molecule has 9 nitrogen and oxygen atoms in total. The highest BCUT2D eigenvalue weighted by atomic mass is 31.2. The highest BCUT2D eigenvalue weighted by Gasteiger charge is 2.22. The quantitative estimate of drug-likeness (QED) is 0.0194. The van der Waals surface area contributed by atoms with Crippen molar-refractivity contribution < 1.29 is 43.0 Å². The van der Waals surface area contributed by atoms with Gasteiger partial charge in [-0.05, 0) is 77.0 Å². The van der Waals surface area contributed by atoms with Crippen LogP contribution in [0.4, 0.5) is 0 Å². The van der Waals surface area contributed by atoms with Crippen molar-refractivity contribution in [2.24, 2.45) is 0 Å². The van der Waals surface area contributed by atoms with Crippen LogP contribution < -0.4 is 0 Å². The van der Waals surface area contributed by atoms with Gasteiger partial charge in [0.2, 0.25) is 0 Å². The van der Waals surface area contributed by atoms with Crippen LogP contribution in [0.5, 0.6) is 0 Å². The van der Waals surface area contributed by atoms with Crippen LogP contribution in [0.15, 0.2) is 72.9 Å². The number of esters is 2. The third-order valence-corrected chi connectivity index (χ3v) is 8.26. The molecule has 0 radical (unpaired) electrons. The van der Waals surface area contributed by atoms with E-state index >= 15 is 0 Å². The van der Waals surface area contributed by atoms with Crippen LogP contribution in [0, 0.1) is 0 Å². The van der Waals surface area contributed by atoms with Gasteiger partial charge in [0.25, 0.3) is 0 Å². The number of hydrogen-bond donors (Lipinski definition) is 3. The maximum atomic E-state index is 12.4. The van der Waals surface area contributed by atoms with Gasteiger partial charge < -0.3 is 24.4 Å². The number of aliphatic hydroxyl groups is 1.